The van der Waals surface area contributed by atoms with Crippen LogP contribution in [0.4, 0.5) is 0 Å². The molecule has 1 saturated carbocycles. The van der Waals surface area contributed by atoms with E-state index in [9.17, 15) is 0 Å². The highest BCUT2D eigenvalue weighted by atomic mass is 15.0. The molecule has 2 aliphatic rings. The lowest BCUT2D eigenvalue weighted by atomic mass is 9.83. The van der Waals surface area contributed by atoms with Gasteiger partial charge in [0, 0.05) is 12.1 Å². The van der Waals surface area contributed by atoms with Gasteiger partial charge in [0.15, 0.2) is 0 Å². The summed E-state index contributed by atoms with van der Waals surface area (Å²) in [5.41, 5.74) is 5.85. The molecule has 3 N–H and O–H groups in total. The molecule has 58 valence electrons. The molecule has 0 bridgehead atoms. The van der Waals surface area contributed by atoms with Crippen molar-refractivity contribution in [2.24, 2.45) is 11.7 Å². The predicted molar refractivity (Wildman–Crippen MR) is 41.7 cm³/mol. The molecule has 0 aromatic carbocycles. The molecule has 0 aromatic rings. The van der Waals surface area contributed by atoms with Crippen molar-refractivity contribution >= 4 is 0 Å². The Labute approximate surface area is 62.2 Å². The highest BCUT2D eigenvalue weighted by Crippen LogP contribution is 2.29. The van der Waals surface area contributed by atoms with Gasteiger partial charge in [0.1, 0.15) is 0 Å². The zero-order valence-corrected chi connectivity index (χ0v) is 6.34. The molecule has 10 heavy (non-hydrogen) atoms. The molecule has 0 radical (unpaired) electrons. The highest BCUT2D eigenvalue weighted by Gasteiger charge is 2.31. The quantitative estimate of drug-likeness (QED) is 0.513. The topological polar surface area (TPSA) is 38.0 Å². The average molecular weight is 140 g/mol. The third-order valence-corrected chi connectivity index (χ3v) is 2.96. The standard InChI is InChI=1S/C8H16N2/c9-7-2-1-6-3-4-10-8(6)5-7/h6-8,10H,1-5,9H2. The molecular formula is C8H16N2. The minimum absolute atomic E-state index is 0.479. The van der Waals surface area contributed by atoms with Crippen LogP contribution in [-0.4, -0.2) is 18.6 Å². The van der Waals surface area contributed by atoms with Gasteiger partial charge in [0.05, 0.1) is 0 Å². The number of rotatable bonds is 0. The van der Waals surface area contributed by atoms with E-state index >= 15 is 0 Å². The minimum atomic E-state index is 0.479. The number of nitrogens with two attached hydrogens (primary N) is 1. The predicted octanol–water partition coefficient (Wildman–Crippen LogP) is 0.476. The Kier molecular flexibility index (Phi) is 1.66. The second-order valence-corrected chi connectivity index (χ2v) is 3.68. The average Bonchev–Trinajstić information content (AvgIpc) is 2.33. The van der Waals surface area contributed by atoms with E-state index in [2.05, 4.69) is 5.32 Å². The SMILES string of the molecule is NC1CCC2CCNC2C1. The lowest BCUT2D eigenvalue weighted by Gasteiger charge is -2.29. The van der Waals surface area contributed by atoms with Crippen LogP contribution in [0.3, 0.4) is 0 Å². The van der Waals surface area contributed by atoms with Crippen molar-refractivity contribution in [2.45, 2.75) is 37.8 Å². The summed E-state index contributed by atoms with van der Waals surface area (Å²) in [5, 5.41) is 3.51. The maximum absolute atomic E-state index is 5.85. The second-order valence-electron chi connectivity index (χ2n) is 3.68. The number of hydrogen-bond donors (Lipinski definition) is 2. The van der Waals surface area contributed by atoms with Crippen LogP contribution in [0.25, 0.3) is 0 Å². The van der Waals surface area contributed by atoms with Gasteiger partial charge in [-0.2, -0.15) is 0 Å². The van der Waals surface area contributed by atoms with Crippen molar-refractivity contribution in [3.63, 3.8) is 0 Å². The highest BCUT2D eigenvalue weighted by molar-refractivity contribution is 4.90. The fraction of sp³-hybridized carbons (Fsp3) is 1.00. The fourth-order valence-electron chi connectivity index (χ4n) is 2.32. The van der Waals surface area contributed by atoms with Gasteiger partial charge in [-0.1, -0.05) is 0 Å². The lowest BCUT2D eigenvalue weighted by molar-refractivity contribution is 0.296. The lowest BCUT2D eigenvalue weighted by Crippen LogP contribution is -2.39. The number of nitrogens with one attached hydrogen (secondary N) is 1. The first-order chi connectivity index (χ1) is 4.86. The summed E-state index contributed by atoms with van der Waals surface area (Å²) >= 11 is 0. The molecule has 1 aliphatic carbocycles. The summed E-state index contributed by atoms with van der Waals surface area (Å²) in [6.45, 7) is 1.22. The Bertz CT molecular complexity index is 124. The van der Waals surface area contributed by atoms with Crippen LogP contribution in [0.2, 0.25) is 0 Å². The largest absolute Gasteiger partial charge is 0.328 e. The van der Waals surface area contributed by atoms with Crippen LogP contribution in [0.15, 0.2) is 0 Å². The van der Waals surface area contributed by atoms with Crippen LogP contribution in [0, 0.1) is 5.92 Å². The molecule has 0 aromatic heterocycles. The monoisotopic (exact) mass is 140 g/mol. The van der Waals surface area contributed by atoms with E-state index in [1.807, 2.05) is 0 Å². The Morgan fingerprint density at radius 2 is 2.10 bits per heavy atom. The summed E-state index contributed by atoms with van der Waals surface area (Å²) in [6.07, 6.45) is 5.21. The van der Waals surface area contributed by atoms with Gasteiger partial charge in [0.2, 0.25) is 0 Å². The van der Waals surface area contributed by atoms with Crippen LogP contribution in [-0.2, 0) is 0 Å². The summed E-state index contributed by atoms with van der Waals surface area (Å²) in [7, 11) is 0. The molecule has 2 fully saturated rings. The van der Waals surface area contributed by atoms with Gasteiger partial charge in [-0.05, 0) is 38.1 Å². The van der Waals surface area contributed by atoms with Gasteiger partial charge in [-0.3, -0.25) is 0 Å². The second kappa shape index (κ2) is 2.51. The van der Waals surface area contributed by atoms with E-state index in [1.54, 1.807) is 0 Å². The van der Waals surface area contributed by atoms with E-state index in [0.717, 1.165) is 12.0 Å². The van der Waals surface area contributed by atoms with Crippen molar-refractivity contribution in [3.05, 3.63) is 0 Å². The number of fused-ring (bicyclic) bond motifs is 1. The Morgan fingerprint density at radius 3 is 3.00 bits per heavy atom. The molecule has 3 atom stereocenters. The molecule has 2 heteroatoms. The van der Waals surface area contributed by atoms with Crippen LogP contribution in [0.1, 0.15) is 25.7 Å². The molecular weight excluding hydrogens is 124 g/mol. The zero-order valence-electron chi connectivity index (χ0n) is 6.34. The molecule has 2 nitrogen and oxygen atoms in total. The van der Waals surface area contributed by atoms with Crippen LogP contribution in [0.5, 0.6) is 0 Å². The van der Waals surface area contributed by atoms with Gasteiger partial charge in [-0.25, -0.2) is 0 Å². The van der Waals surface area contributed by atoms with Crippen LogP contribution >= 0.6 is 0 Å². The summed E-state index contributed by atoms with van der Waals surface area (Å²) in [5.74, 6) is 0.958. The van der Waals surface area contributed by atoms with Crippen molar-refractivity contribution in [1.82, 2.24) is 5.32 Å². The van der Waals surface area contributed by atoms with Crippen molar-refractivity contribution in [2.75, 3.05) is 6.54 Å². The van der Waals surface area contributed by atoms with E-state index in [-0.39, 0.29) is 0 Å². The summed E-state index contributed by atoms with van der Waals surface area (Å²) in [6, 6.07) is 1.25. The van der Waals surface area contributed by atoms with Crippen molar-refractivity contribution in [3.8, 4) is 0 Å². The molecule has 2 rings (SSSR count). The van der Waals surface area contributed by atoms with E-state index in [0.29, 0.717) is 6.04 Å². The molecule has 1 saturated heterocycles. The maximum Gasteiger partial charge on any atom is 0.0110 e. The first-order valence-electron chi connectivity index (χ1n) is 4.35. The van der Waals surface area contributed by atoms with Crippen molar-refractivity contribution < 1.29 is 0 Å². The van der Waals surface area contributed by atoms with E-state index in [4.69, 9.17) is 5.73 Å². The van der Waals surface area contributed by atoms with Gasteiger partial charge >= 0.3 is 0 Å². The first-order valence-corrected chi connectivity index (χ1v) is 4.35. The molecule has 1 heterocycles. The normalized spacial score (nSPS) is 47.1. The molecule has 0 amide bonds. The summed E-state index contributed by atoms with van der Waals surface area (Å²) < 4.78 is 0. The molecule has 0 spiro atoms. The van der Waals surface area contributed by atoms with E-state index in [1.165, 1.54) is 32.2 Å². The fourth-order valence-corrected chi connectivity index (χ4v) is 2.32. The van der Waals surface area contributed by atoms with Gasteiger partial charge < -0.3 is 11.1 Å². The maximum atomic E-state index is 5.85. The van der Waals surface area contributed by atoms with Crippen molar-refractivity contribution in [1.29, 1.82) is 0 Å². The summed E-state index contributed by atoms with van der Waals surface area (Å²) in [4.78, 5) is 0. The Morgan fingerprint density at radius 1 is 1.20 bits per heavy atom. The molecule has 1 aliphatic heterocycles. The third-order valence-electron chi connectivity index (χ3n) is 2.96. The first kappa shape index (κ1) is 6.62. The van der Waals surface area contributed by atoms with Gasteiger partial charge in [0.25, 0.3) is 0 Å². The molecule has 3 unspecified atom stereocenters. The minimum Gasteiger partial charge on any atom is -0.328 e. The van der Waals surface area contributed by atoms with Gasteiger partial charge in [-0.15, -0.1) is 0 Å². The number of hydrogen-bond acceptors (Lipinski definition) is 2. The van der Waals surface area contributed by atoms with Crippen LogP contribution < -0.4 is 11.1 Å². The smallest absolute Gasteiger partial charge is 0.0110 e. The Balaban J connectivity index is 1.96. The van der Waals surface area contributed by atoms with E-state index < -0.39 is 0 Å². The Hall–Kier alpha value is -0.0800. The zero-order chi connectivity index (χ0) is 6.97. The third kappa shape index (κ3) is 1.06.